The van der Waals surface area contributed by atoms with E-state index >= 15 is 0 Å². The normalized spacial score (nSPS) is 19.3. The van der Waals surface area contributed by atoms with Crippen molar-refractivity contribution in [3.63, 3.8) is 0 Å². The van der Waals surface area contributed by atoms with Crippen molar-refractivity contribution in [2.24, 2.45) is 5.41 Å². The Morgan fingerprint density at radius 1 is 1.33 bits per heavy atom. The summed E-state index contributed by atoms with van der Waals surface area (Å²) >= 11 is 0. The van der Waals surface area contributed by atoms with Gasteiger partial charge in [-0.15, -0.1) is 0 Å². The summed E-state index contributed by atoms with van der Waals surface area (Å²) in [7, 11) is 0. The molecular formula is C17H20N6O. The van der Waals surface area contributed by atoms with Crippen LogP contribution in [-0.2, 0) is 4.79 Å². The summed E-state index contributed by atoms with van der Waals surface area (Å²) in [5.74, 6) is 1.04. The van der Waals surface area contributed by atoms with E-state index in [1.165, 1.54) is 0 Å². The SMILES string of the molecule is N#CCCC(=O)N1CCN(c2ncnc3[nH]ccc23)CC2(CC2)C1. The average molecular weight is 324 g/mol. The van der Waals surface area contributed by atoms with E-state index < -0.39 is 0 Å². The molecule has 7 heteroatoms. The zero-order valence-electron chi connectivity index (χ0n) is 13.5. The van der Waals surface area contributed by atoms with Crippen LogP contribution in [0.1, 0.15) is 25.7 Å². The number of nitriles is 1. The summed E-state index contributed by atoms with van der Waals surface area (Å²) in [5, 5.41) is 9.73. The van der Waals surface area contributed by atoms with E-state index in [2.05, 4.69) is 25.9 Å². The Labute approximate surface area is 140 Å². The molecule has 2 aromatic rings. The minimum atomic E-state index is 0.0964. The second-order valence-corrected chi connectivity index (χ2v) is 6.83. The van der Waals surface area contributed by atoms with Gasteiger partial charge in [0.1, 0.15) is 17.8 Å². The molecule has 1 spiro atoms. The van der Waals surface area contributed by atoms with Crippen LogP contribution in [0.5, 0.6) is 0 Å². The third-order valence-corrected chi connectivity index (χ3v) is 5.09. The lowest BCUT2D eigenvalue weighted by atomic mass is 10.1. The maximum Gasteiger partial charge on any atom is 0.223 e. The first kappa shape index (κ1) is 14.9. The summed E-state index contributed by atoms with van der Waals surface area (Å²) in [6.45, 7) is 3.17. The number of fused-ring (bicyclic) bond motifs is 1. The van der Waals surface area contributed by atoms with Gasteiger partial charge in [-0.05, 0) is 18.9 Å². The van der Waals surface area contributed by atoms with Crippen molar-refractivity contribution in [3.05, 3.63) is 18.6 Å². The fraction of sp³-hybridized carbons (Fsp3) is 0.529. The van der Waals surface area contributed by atoms with Crippen LogP contribution < -0.4 is 4.90 Å². The predicted octanol–water partition coefficient (Wildman–Crippen LogP) is 1.69. The number of aromatic nitrogens is 3. The van der Waals surface area contributed by atoms with Crippen molar-refractivity contribution in [2.45, 2.75) is 25.7 Å². The minimum Gasteiger partial charge on any atom is -0.354 e. The third-order valence-electron chi connectivity index (χ3n) is 5.09. The molecule has 1 saturated heterocycles. The molecule has 124 valence electrons. The van der Waals surface area contributed by atoms with Crippen LogP contribution in [0, 0.1) is 16.7 Å². The standard InChI is InChI=1S/C17H20N6O/c18-6-1-2-14(24)22-8-9-23(11-17(10-22)4-5-17)16-13-3-7-19-15(13)20-12-21-16/h3,7,12H,1-2,4-5,8-11H2,(H,19,20,21). The van der Waals surface area contributed by atoms with Gasteiger partial charge in [-0.2, -0.15) is 5.26 Å². The van der Waals surface area contributed by atoms with Gasteiger partial charge in [0.15, 0.2) is 0 Å². The Morgan fingerprint density at radius 2 is 2.21 bits per heavy atom. The Kier molecular flexibility index (Phi) is 3.60. The van der Waals surface area contributed by atoms with Crippen molar-refractivity contribution in [1.82, 2.24) is 19.9 Å². The smallest absolute Gasteiger partial charge is 0.223 e. The summed E-state index contributed by atoms with van der Waals surface area (Å²) in [5.41, 5.74) is 1.03. The summed E-state index contributed by atoms with van der Waals surface area (Å²) in [4.78, 5) is 28.5. The van der Waals surface area contributed by atoms with E-state index in [1.807, 2.05) is 17.2 Å². The van der Waals surface area contributed by atoms with Crippen LogP contribution in [0.4, 0.5) is 5.82 Å². The number of hydrogen-bond donors (Lipinski definition) is 1. The molecule has 1 N–H and O–H groups in total. The molecule has 1 amide bonds. The number of hydrogen-bond acceptors (Lipinski definition) is 5. The molecule has 2 aliphatic rings. The molecule has 3 heterocycles. The number of nitrogens with zero attached hydrogens (tertiary/aromatic N) is 5. The molecule has 1 aliphatic heterocycles. The number of carbonyl (C=O) groups is 1. The molecule has 0 aromatic carbocycles. The zero-order valence-corrected chi connectivity index (χ0v) is 13.5. The van der Waals surface area contributed by atoms with Gasteiger partial charge in [-0.1, -0.05) is 0 Å². The second kappa shape index (κ2) is 5.78. The molecule has 4 rings (SSSR count). The Hall–Kier alpha value is -2.62. The van der Waals surface area contributed by atoms with E-state index in [-0.39, 0.29) is 11.3 Å². The Bertz CT molecular complexity index is 803. The van der Waals surface area contributed by atoms with Gasteiger partial charge in [0, 0.05) is 50.6 Å². The topological polar surface area (TPSA) is 88.9 Å². The van der Waals surface area contributed by atoms with E-state index in [1.54, 1.807) is 6.33 Å². The lowest BCUT2D eigenvalue weighted by Gasteiger charge is -2.25. The monoisotopic (exact) mass is 324 g/mol. The van der Waals surface area contributed by atoms with Crippen LogP contribution >= 0.6 is 0 Å². The van der Waals surface area contributed by atoms with Crippen molar-refractivity contribution >= 4 is 22.8 Å². The third kappa shape index (κ3) is 2.68. The lowest BCUT2D eigenvalue weighted by Crippen LogP contribution is -2.36. The molecule has 1 aliphatic carbocycles. The first-order valence-corrected chi connectivity index (χ1v) is 8.39. The molecule has 1 saturated carbocycles. The molecule has 24 heavy (non-hydrogen) atoms. The number of anilines is 1. The van der Waals surface area contributed by atoms with Gasteiger partial charge >= 0.3 is 0 Å². The first-order valence-electron chi connectivity index (χ1n) is 8.39. The van der Waals surface area contributed by atoms with Gasteiger partial charge in [0.05, 0.1) is 11.5 Å². The van der Waals surface area contributed by atoms with Gasteiger partial charge in [0.2, 0.25) is 5.91 Å². The number of rotatable bonds is 3. The molecule has 7 nitrogen and oxygen atoms in total. The van der Waals surface area contributed by atoms with E-state index in [4.69, 9.17) is 5.26 Å². The minimum absolute atomic E-state index is 0.0964. The highest BCUT2D eigenvalue weighted by atomic mass is 16.2. The van der Waals surface area contributed by atoms with E-state index in [0.717, 1.165) is 49.3 Å². The summed E-state index contributed by atoms with van der Waals surface area (Å²) < 4.78 is 0. The van der Waals surface area contributed by atoms with Crippen LogP contribution in [0.2, 0.25) is 0 Å². The maximum atomic E-state index is 12.4. The lowest BCUT2D eigenvalue weighted by molar-refractivity contribution is -0.131. The molecule has 2 fully saturated rings. The molecular weight excluding hydrogens is 304 g/mol. The number of amides is 1. The largest absolute Gasteiger partial charge is 0.354 e. The predicted molar refractivity (Wildman–Crippen MR) is 89.2 cm³/mol. The highest BCUT2D eigenvalue weighted by Crippen LogP contribution is 2.48. The quantitative estimate of drug-likeness (QED) is 0.928. The summed E-state index contributed by atoms with van der Waals surface area (Å²) in [6.07, 6.45) is 6.38. The van der Waals surface area contributed by atoms with Crippen molar-refractivity contribution in [1.29, 1.82) is 5.26 Å². The average Bonchev–Trinajstić information content (AvgIpc) is 3.24. The van der Waals surface area contributed by atoms with Crippen LogP contribution in [0.3, 0.4) is 0 Å². The summed E-state index contributed by atoms with van der Waals surface area (Å²) in [6, 6.07) is 4.07. The van der Waals surface area contributed by atoms with Gasteiger partial charge < -0.3 is 14.8 Å². The molecule has 2 aromatic heterocycles. The molecule has 0 unspecified atom stereocenters. The maximum absolute atomic E-state index is 12.4. The second-order valence-electron chi connectivity index (χ2n) is 6.83. The number of aromatic amines is 1. The molecule has 0 radical (unpaired) electrons. The molecule has 0 atom stereocenters. The first-order chi connectivity index (χ1) is 11.7. The van der Waals surface area contributed by atoms with E-state index in [0.29, 0.717) is 19.4 Å². The number of H-pyrrole nitrogens is 1. The van der Waals surface area contributed by atoms with Gasteiger partial charge in [0.25, 0.3) is 0 Å². The van der Waals surface area contributed by atoms with Crippen LogP contribution in [0.25, 0.3) is 11.0 Å². The van der Waals surface area contributed by atoms with Crippen molar-refractivity contribution < 1.29 is 4.79 Å². The fourth-order valence-electron chi connectivity index (χ4n) is 3.58. The zero-order chi connectivity index (χ0) is 16.6. The molecule has 0 bridgehead atoms. The number of carbonyl (C=O) groups excluding carboxylic acids is 1. The van der Waals surface area contributed by atoms with Gasteiger partial charge in [-0.3, -0.25) is 4.79 Å². The van der Waals surface area contributed by atoms with E-state index in [9.17, 15) is 4.79 Å². The van der Waals surface area contributed by atoms with Crippen LogP contribution in [0.15, 0.2) is 18.6 Å². The Morgan fingerprint density at radius 3 is 3.00 bits per heavy atom. The highest BCUT2D eigenvalue weighted by Gasteiger charge is 2.47. The van der Waals surface area contributed by atoms with Crippen LogP contribution in [-0.4, -0.2) is 51.9 Å². The highest BCUT2D eigenvalue weighted by molar-refractivity contribution is 5.87. The van der Waals surface area contributed by atoms with Gasteiger partial charge in [-0.25, -0.2) is 9.97 Å². The number of nitrogens with one attached hydrogen (secondary N) is 1. The Balaban J connectivity index is 1.58. The fourth-order valence-corrected chi connectivity index (χ4v) is 3.58. The van der Waals surface area contributed by atoms with Crippen molar-refractivity contribution in [2.75, 3.05) is 31.1 Å². The van der Waals surface area contributed by atoms with Crippen molar-refractivity contribution in [3.8, 4) is 6.07 Å².